The molecule has 2 aliphatic rings. The number of Topliss-reactive ketones (excluding diaryl/α,β-unsaturated/α-hetero) is 1. The van der Waals surface area contributed by atoms with E-state index in [1.54, 1.807) is 13.8 Å². The van der Waals surface area contributed by atoms with Gasteiger partial charge in [0.2, 0.25) is 23.6 Å². The average Bonchev–Trinajstić information content (AvgIpc) is 3.38. The summed E-state index contributed by atoms with van der Waals surface area (Å²) in [7, 11) is 0. The normalized spacial score (nSPS) is 22.4. The zero-order valence-electron chi connectivity index (χ0n) is 20.1. The van der Waals surface area contributed by atoms with Gasteiger partial charge in [0.25, 0.3) is 0 Å². The smallest absolute Gasteiger partial charge is 0.238 e. The molecule has 34 heavy (non-hydrogen) atoms. The monoisotopic (exact) mass is 469 g/mol. The van der Waals surface area contributed by atoms with Crippen LogP contribution in [-0.2, 0) is 24.0 Å². The molecule has 8 nitrogen and oxygen atoms in total. The lowest BCUT2D eigenvalue weighted by atomic mass is 9.85. The van der Waals surface area contributed by atoms with E-state index in [9.17, 15) is 24.0 Å². The molecular formula is C26H35N3O5. The van der Waals surface area contributed by atoms with Crippen LogP contribution >= 0.6 is 0 Å². The van der Waals surface area contributed by atoms with Crippen LogP contribution in [0.2, 0.25) is 0 Å². The van der Waals surface area contributed by atoms with E-state index in [0.29, 0.717) is 12.3 Å². The first kappa shape index (κ1) is 25.6. The fourth-order valence-corrected chi connectivity index (χ4v) is 4.91. The Morgan fingerprint density at radius 1 is 0.971 bits per heavy atom. The van der Waals surface area contributed by atoms with Gasteiger partial charge in [-0.25, -0.2) is 0 Å². The molecule has 1 aromatic rings. The van der Waals surface area contributed by atoms with Crippen LogP contribution in [0.3, 0.4) is 0 Å². The SMILES string of the molecule is CC(C)[C@H](NC(=O)C[C@H](NC(=O)CC1CCCC1)c1ccccc1)C(=O)[C@@H]1C(=O)NC(=O)[C@H]1C. The van der Waals surface area contributed by atoms with Crippen molar-refractivity contribution in [2.45, 2.75) is 71.4 Å². The number of carbonyl (C=O) groups is 5. The predicted octanol–water partition coefficient (Wildman–Crippen LogP) is 2.43. The second kappa shape index (κ2) is 11.4. The van der Waals surface area contributed by atoms with Gasteiger partial charge in [-0.2, -0.15) is 0 Å². The van der Waals surface area contributed by atoms with Crippen molar-refractivity contribution < 1.29 is 24.0 Å². The van der Waals surface area contributed by atoms with Gasteiger partial charge >= 0.3 is 0 Å². The second-order valence-electron chi connectivity index (χ2n) is 9.90. The lowest BCUT2D eigenvalue weighted by molar-refractivity contribution is -0.137. The van der Waals surface area contributed by atoms with Gasteiger partial charge in [-0.15, -0.1) is 0 Å². The number of ketones is 1. The highest BCUT2D eigenvalue weighted by molar-refractivity contribution is 6.16. The minimum Gasteiger partial charge on any atom is -0.349 e. The van der Waals surface area contributed by atoms with E-state index < -0.39 is 47.4 Å². The molecule has 8 heteroatoms. The van der Waals surface area contributed by atoms with Crippen molar-refractivity contribution in [3.8, 4) is 0 Å². The zero-order valence-corrected chi connectivity index (χ0v) is 20.1. The molecule has 2 fully saturated rings. The van der Waals surface area contributed by atoms with Gasteiger partial charge < -0.3 is 10.6 Å². The number of rotatable bonds is 10. The van der Waals surface area contributed by atoms with Gasteiger partial charge in [0.15, 0.2) is 5.78 Å². The third kappa shape index (κ3) is 6.30. The van der Waals surface area contributed by atoms with Crippen molar-refractivity contribution in [2.24, 2.45) is 23.7 Å². The Balaban J connectivity index is 1.69. The molecule has 4 atom stereocenters. The fourth-order valence-electron chi connectivity index (χ4n) is 4.91. The summed E-state index contributed by atoms with van der Waals surface area (Å²) in [6.07, 6.45) is 4.81. The summed E-state index contributed by atoms with van der Waals surface area (Å²) < 4.78 is 0. The Bertz CT molecular complexity index is 924. The van der Waals surface area contributed by atoms with E-state index in [2.05, 4.69) is 16.0 Å². The predicted molar refractivity (Wildman–Crippen MR) is 126 cm³/mol. The maximum atomic E-state index is 13.1. The number of nitrogens with one attached hydrogen (secondary N) is 3. The van der Waals surface area contributed by atoms with Crippen LogP contribution in [-0.4, -0.2) is 35.5 Å². The molecule has 4 amide bonds. The molecule has 0 unspecified atom stereocenters. The number of hydrogen-bond donors (Lipinski definition) is 3. The molecular weight excluding hydrogens is 434 g/mol. The summed E-state index contributed by atoms with van der Waals surface area (Å²) >= 11 is 0. The lowest BCUT2D eigenvalue weighted by Crippen LogP contribution is -2.49. The first-order chi connectivity index (χ1) is 16.2. The largest absolute Gasteiger partial charge is 0.349 e. The van der Waals surface area contributed by atoms with Crippen molar-refractivity contribution in [2.75, 3.05) is 0 Å². The molecule has 184 valence electrons. The molecule has 0 spiro atoms. The molecule has 0 radical (unpaired) electrons. The Morgan fingerprint density at radius 3 is 2.18 bits per heavy atom. The molecule has 0 aromatic heterocycles. The van der Waals surface area contributed by atoms with Crippen molar-refractivity contribution in [3.05, 3.63) is 35.9 Å². The van der Waals surface area contributed by atoms with Gasteiger partial charge in [0.1, 0.15) is 5.92 Å². The number of hydrogen-bond acceptors (Lipinski definition) is 5. The number of imide groups is 1. The van der Waals surface area contributed by atoms with Gasteiger partial charge in [-0.05, 0) is 30.2 Å². The van der Waals surface area contributed by atoms with E-state index in [4.69, 9.17) is 0 Å². The maximum absolute atomic E-state index is 13.1. The standard InChI is InChI=1S/C26H35N3O5/c1-15(2)23(24(32)22-16(3)25(33)29-26(22)34)28-21(31)14-19(18-11-5-4-6-12-18)27-20(30)13-17-9-7-8-10-17/h4-6,11-12,15-17,19,22-23H,7-10,13-14H2,1-3H3,(H,27,30)(H,28,31)(H,29,33,34)/t16-,19-,22+,23-/m0/s1. The average molecular weight is 470 g/mol. The van der Waals surface area contributed by atoms with E-state index in [-0.39, 0.29) is 18.2 Å². The summed E-state index contributed by atoms with van der Waals surface area (Å²) in [6.45, 7) is 5.09. The van der Waals surface area contributed by atoms with Gasteiger partial charge in [0.05, 0.1) is 24.4 Å². The molecule has 1 saturated heterocycles. The summed E-state index contributed by atoms with van der Waals surface area (Å²) in [5, 5.41) is 7.96. The molecule has 1 saturated carbocycles. The van der Waals surface area contributed by atoms with E-state index in [1.807, 2.05) is 30.3 Å². The van der Waals surface area contributed by atoms with Crippen LogP contribution in [0.5, 0.6) is 0 Å². The maximum Gasteiger partial charge on any atom is 0.238 e. The van der Waals surface area contributed by atoms with Crippen LogP contribution in [0.25, 0.3) is 0 Å². The summed E-state index contributed by atoms with van der Waals surface area (Å²) in [4.78, 5) is 62.9. The second-order valence-corrected chi connectivity index (χ2v) is 9.90. The summed E-state index contributed by atoms with van der Waals surface area (Å²) in [6, 6.07) is 7.82. The quantitative estimate of drug-likeness (QED) is 0.359. The first-order valence-electron chi connectivity index (χ1n) is 12.2. The molecule has 1 aliphatic carbocycles. The van der Waals surface area contributed by atoms with Crippen LogP contribution in [0.1, 0.15) is 70.9 Å². The van der Waals surface area contributed by atoms with E-state index in [1.165, 1.54) is 6.92 Å². The summed E-state index contributed by atoms with van der Waals surface area (Å²) in [5.74, 6) is -3.84. The third-order valence-corrected chi connectivity index (χ3v) is 6.91. The molecule has 1 aromatic carbocycles. The van der Waals surface area contributed by atoms with E-state index >= 15 is 0 Å². The first-order valence-corrected chi connectivity index (χ1v) is 12.2. The number of amides is 4. The van der Waals surface area contributed by atoms with E-state index in [0.717, 1.165) is 31.2 Å². The molecule has 1 aliphatic heterocycles. The Morgan fingerprint density at radius 2 is 1.62 bits per heavy atom. The molecule has 1 heterocycles. The molecule has 3 N–H and O–H groups in total. The molecule has 0 bridgehead atoms. The van der Waals surface area contributed by atoms with Gasteiger partial charge in [0, 0.05) is 6.42 Å². The van der Waals surface area contributed by atoms with Crippen LogP contribution in [0.4, 0.5) is 0 Å². The van der Waals surface area contributed by atoms with Crippen LogP contribution < -0.4 is 16.0 Å². The zero-order chi connectivity index (χ0) is 24.8. The topological polar surface area (TPSA) is 121 Å². The van der Waals surface area contributed by atoms with Gasteiger partial charge in [-0.3, -0.25) is 29.3 Å². The fraction of sp³-hybridized carbons (Fsp3) is 0.577. The number of benzene rings is 1. The number of carbonyl (C=O) groups excluding carboxylic acids is 5. The lowest BCUT2D eigenvalue weighted by Gasteiger charge is -2.26. The Labute approximate surface area is 200 Å². The Kier molecular flexibility index (Phi) is 8.58. The van der Waals surface area contributed by atoms with Crippen molar-refractivity contribution in [1.29, 1.82) is 0 Å². The van der Waals surface area contributed by atoms with Crippen molar-refractivity contribution >= 4 is 29.4 Å². The highest BCUT2D eigenvalue weighted by Gasteiger charge is 2.46. The Hall–Kier alpha value is -3.03. The minimum atomic E-state index is -1.11. The van der Waals surface area contributed by atoms with Gasteiger partial charge in [-0.1, -0.05) is 63.9 Å². The minimum absolute atomic E-state index is 0.0394. The van der Waals surface area contributed by atoms with Crippen molar-refractivity contribution in [1.82, 2.24) is 16.0 Å². The van der Waals surface area contributed by atoms with Crippen LogP contribution in [0, 0.1) is 23.7 Å². The van der Waals surface area contributed by atoms with Crippen LogP contribution in [0.15, 0.2) is 30.3 Å². The highest BCUT2D eigenvalue weighted by atomic mass is 16.2. The van der Waals surface area contributed by atoms with Crippen molar-refractivity contribution in [3.63, 3.8) is 0 Å². The highest BCUT2D eigenvalue weighted by Crippen LogP contribution is 2.28. The third-order valence-electron chi connectivity index (χ3n) is 6.91. The molecule has 3 rings (SSSR count). The summed E-state index contributed by atoms with van der Waals surface area (Å²) in [5.41, 5.74) is 0.805.